The zero-order chi connectivity index (χ0) is 20.3. The molecule has 0 spiro atoms. The lowest BCUT2D eigenvalue weighted by Gasteiger charge is -2.15. The Bertz CT molecular complexity index is 1070. The van der Waals surface area contributed by atoms with E-state index < -0.39 is 10.0 Å². The number of nitrogens with zero attached hydrogens (tertiary/aromatic N) is 2. The van der Waals surface area contributed by atoms with E-state index in [1.165, 1.54) is 4.31 Å². The van der Waals surface area contributed by atoms with E-state index in [0.717, 1.165) is 33.6 Å². The Kier molecular flexibility index (Phi) is 5.94. The number of sulfonamides is 1. The molecular weight excluding hydrogens is 406 g/mol. The monoisotopic (exact) mass is 429 g/mol. The fraction of sp³-hybridized carbons (Fsp3) is 0.333. The van der Waals surface area contributed by atoms with E-state index in [2.05, 4.69) is 10.3 Å². The SMILES string of the molecule is O=C(CCc1ccc(S(=O)(=O)N2CCCC2)cc1)NCc1nc2ccccc2s1. The fourth-order valence-corrected chi connectivity index (χ4v) is 5.85. The maximum atomic E-state index is 12.6. The average Bonchev–Trinajstić information content (AvgIpc) is 3.41. The Balaban J connectivity index is 1.28. The van der Waals surface area contributed by atoms with Crippen molar-refractivity contribution in [2.24, 2.45) is 0 Å². The Morgan fingerprint density at radius 2 is 1.79 bits per heavy atom. The van der Waals surface area contributed by atoms with Gasteiger partial charge in [-0.05, 0) is 49.1 Å². The van der Waals surface area contributed by atoms with Crippen molar-refractivity contribution in [3.8, 4) is 0 Å². The minimum Gasteiger partial charge on any atom is -0.350 e. The molecular formula is C21H23N3O3S2. The van der Waals surface area contributed by atoms with E-state index in [4.69, 9.17) is 0 Å². The minimum atomic E-state index is -3.39. The summed E-state index contributed by atoms with van der Waals surface area (Å²) in [5.74, 6) is -0.0435. The third kappa shape index (κ3) is 4.66. The highest BCUT2D eigenvalue weighted by Gasteiger charge is 2.26. The number of thiazole rings is 1. The van der Waals surface area contributed by atoms with Crippen molar-refractivity contribution in [3.63, 3.8) is 0 Å². The number of amides is 1. The summed E-state index contributed by atoms with van der Waals surface area (Å²) >= 11 is 1.58. The largest absolute Gasteiger partial charge is 0.350 e. The van der Waals surface area contributed by atoms with Crippen LogP contribution >= 0.6 is 11.3 Å². The van der Waals surface area contributed by atoms with Gasteiger partial charge in [0.25, 0.3) is 0 Å². The molecule has 1 aromatic heterocycles. The van der Waals surface area contributed by atoms with Crippen molar-refractivity contribution in [2.75, 3.05) is 13.1 Å². The summed E-state index contributed by atoms with van der Waals surface area (Å²) < 4.78 is 27.8. The number of aromatic nitrogens is 1. The van der Waals surface area contributed by atoms with E-state index in [-0.39, 0.29) is 5.91 Å². The standard InChI is InChI=1S/C21H23N3O3S2/c25-20(22-15-21-23-18-5-1-2-6-19(18)28-21)12-9-16-7-10-17(11-8-16)29(26,27)24-13-3-4-14-24/h1-2,5-8,10-11H,3-4,9,12-15H2,(H,22,25). The van der Waals surface area contributed by atoms with Gasteiger partial charge in [0.1, 0.15) is 5.01 Å². The molecule has 0 radical (unpaired) electrons. The number of aryl methyl sites for hydroxylation is 1. The van der Waals surface area contributed by atoms with Gasteiger partial charge in [0.2, 0.25) is 15.9 Å². The zero-order valence-electron chi connectivity index (χ0n) is 16.0. The van der Waals surface area contributed by atoms with E-state index in [1.807, 2.05) is 24.3 Å². The van der Waals surface area contributed by atoms with Gasteiger partial charge in [-0.1, -0.05) is 24.3 Å². The lowest BCUT2D eigenvalue weighted by atomic mass is 10.1. The number of nitrogens with one attached hydrogen (secondary N) is 1. The van der Waals surface area contributed by atoms with Crippen LogP contribution in [0.5, 0.6) is 0 Å². The zero-order valence-corrected chi connectivity index (χ0v) is 17.6. The van der Waals surface area contributed by atoms with Crippen molar-refractivity contribution in [1.29, 1.82) is 0 Å². The first-order valence-electron chi connectivity index (χ1n) is 9.73. The quantitative estimate of drug-likeness (QED) is 0.625. The summed E-state index contributed by atoms with van der Waals surface area (Å²) in [4.78, 5) is 17.0. The lowest BCUT2D eigenvalue weighted by Crippen LogP contribution is -2.27. The molecule has 152 valence electrons. The Morgan fingerprint density at radius 3 is 2.52 bits per heavy atom. The molecule has 1 fully saturated rings. The molecule has 0 saturated carbocycles. The van der Waals surface area contributed by atoms with Crippen molar-refractivity contribution >= 4 is 37.5 Å². The molecule has 4 rings (SSSR count). The first-order valence-corrected chi connectivity index (χ1v) is 12.0. The Morgan fingerprint density at radius 1 is 1.07 bits per heavy atom. The Labute approximate surface area is 174 Å². The normalized spacial score (nSPS) is 15.0. The molecule has 1 aliphatic heterocycles. The van der Waals surface area contributed by atoms with Gasteiger partial charge in [-0.15, -0.1) is 11.3 Å². The van der Waals surface area contributed by atoms with Gasteiger partial charge in [0.05, 0.1) is 21.7 Å². The molecule has 29 heavy (non-hydrogen) atoms. The molecule has 1 N–H and O–H groups in total. The van der Waals surface area contributed by atoms with Crippen LogP contribution < -0.4 is 5.32 Å². The number of carbonyl (C=O) groups excluding carboxylic acids is 1. The summed E-state index contributed by atoms with van der Waals surface area (Å²) in [6.45, 7) is 1.61. The molecule has 2 aromatic carbocycles. The van der Waals surface area contributed by atoms with Gasteiger partial charge in [-0.2, -0.15) is 4.31 Å². The van der Waals surface area contributed by atoms with Crippen LogP contribution in [0.3, 0.4) is 0 Å². The van der Waals surface area contributed by atoms with Crippen LogP contribution in [0.1, 0.15) is 29.8 Å². The van der Waals surface area contributed by atoms with Gasteiger partial charge < -0.3 is 5.32 Å². The molecule has 1 amide bonds. The summed E-state index contributed by atoms with van der Waals surface area (Å²) in [5, 5.41) is 3.79. The number of hydrogen-bond donors (Lipinski definition) is 1. The van der Waals surface area contributed by atoms with Crippen LogP contribution in [-0.2, 0) is 27.8 Å². The third-order valence-electron chi connectivity index (χ3n) is 5.04. The first kappa shape index (κ1) is 20.0. The topological polar surface area (TPSA) is 79.4 Å². The number of carbonyl (C=O) groups is 1. The van der Waals surface area contributed by atoms with Crippen molar-refractivity contribution in [3.05, 3.63) is 59.1 Å². The molecule has 1 aliphatic rings. The van der Waals surface area contributed by atoms with E-state index in [1.54, 1.807) is 35.6 Å². The first-order chi connectivity index (χ1) is 14.0. The summed E-state index contributed by atoms with van der Waals surface area (Å²) in [7, 11) is -3.39. The lowest BCUT2D eigenvalue weighted by molar-refractivity contribution is -0.121. The van der Waals surface area contributed by atoms with Crippen LogP contribution in [0.2, 0.25) is 0 Å². The highest BCUT2D eigenvalue weighted by Crippen LogP contribution is 2.22. The third-order valence-corrected chi connectivity index (χ3v) is 7.99. The molecule has 0 bridgehead atoms. The summed E-state index contributed by atoms with van der Waals surface area (Å²) in [5.41, 5.74) is 1.89. The van der Waals surface area contributed by atoms with Gasteiger partial charge >= 0.3 is 0 Å². The molecule has 8 heteroatoms. The molecule has 0 unspecified atom stereocenters. The highest BCUT2D eigenvalue weighted by molar-refractivity contribution is 7.89. The number of para-hydroxylation sites is 1. The van der Waals surface area contributed by atoms with Gasteiger partial charge in [-0.3, -0.25) is 4.79 Å². The van der Waals surface area contributed by atoms with Crippen molar-refractivity contribution < 1.29 is 13.2 Å². The molecule has 6 nitrogen and oxygen atoms in total. The fourth-order valence-electron chi connectivity index (χ4n) is 3.42. The van der Waals surface area contributed by atoms with E-state index >= 15 is 0 Å². The highest BCUT2D eigenvalue weighted by atomic mass is 32.2. The average molecular weight is 430 g/mol. The predicted molar refractivity (Wildman–Crippen MR) is 114 cm³/mol. The van der Waals surface area contributed by atoms with Crippen molar-refractivity contribution in [2.45, 2.75) is 37.1 Å². The molecule has 2 heterocycles. The second-order valence-electron chi connectivity index (χ2n) is 7.11. The van der Waals surface area contributed by atoms with Gasteiger partial charge in [0, 0.05) is 19.5 Å². The number of benzene rings is 2. The van der Waals surface area contributed by atoms with Crippen LogP contribution in [0.4, 0.5) is 0 Å². The van der Waals surface area contributed by atoms with Crippen molar-refractivity contribution in [1.82, 2.24) is 14.6 Å². The van der Waals surface area contributed by atoms with Crippen LogP contribution in [0.15, 0.2) is 53.4 Å². The maximum Gasteiger partial charge on any atom is 0.243 e. The van der Waals surface area contributed by atoms with E-state index in [0.29, 0.717) is 37.4 Å². The smallest absolute Gasteiger partial charge is 0.243 e. The number of fused-ring (bicyclic) bond motifs is 1. The molecule has 3 aromatic rings. The van der Waals surface area contributed by atoms with Crippen LogP contribution in [-0.4, -0.2) is 36.7 Å². The second kappa shape index (κ2) is 8.61. The predicted octanol–water partition coefficient (Wildman–Crippen LogP) is 3.33. The number of rotatable bonds is 7. The Hall–Kier alpha value is -2.29. The summed E-state index contributed by atoms with van der Waals surface area (Å²) in [6.07, 6.45) is 2.76. The van der Waals surface area contributed by atoms with Crippen LogP contribution in [0, 0.1) is 0 Å². The molecule has 0 aliphatic carbocycles. The molecule has 1 saturated heterocycles. The van der Waals surface area contributed by atoms with Gasteiger partial charge in [-0.25, -0.2) is 13.4 Å². The summed E-state index contributed by atoms with van der Waals surface area (Å²) in [6, 6.07) is 14.8. The minimum absolute atomic E-state index is 0.0435. The maximum absolute atomic E-state index is 12.6. The van der Waals surface area contributed by atoms with E-state index in [9.17, 15) is 13.2 Å². The van der Waals surface area contributed by atoms with Crippen LogP contribution in [0.25, 0.3) is 10.2 Å². The molecule has 0 atom stereocenters. The van der Waals surface area contributed by atoms with Gasteiger partial charge in [0.15, 0.2) is 0 Å². The second-order valence-corrected chi connectivity index (χ2v) is 10.2. The number of hydrogen-bond acceptors (Lipinski definition) is 5.